The van der Waals surface area contributed by atoms with Crippen molar-refractivity contribution in [3.05, 3.63) is 46.0 Å². The number of nitrogens with one attached hydrogen (secondary N) is 1. The van der Waals surface area contributed by atoms with Crippen molar-refractivity contribution in [2.24, 2.45) is 0 Å². The van der Waals surface area contributed by atoms with Crippen LogP contribution in [0.5, 0.6) is 0 Å². The average molecular weight is 292 g/mol. The van der Waals surface area contributed by atoms with Crippen molar-refractivity contribution in [2.45, 2.75) is 44.2 Å². The fourth-order valence-electron chi connectivity index (χ4n) is 2.95. The molecule has 0 fully saturated rings. The maximum Gasteiger partial charge on any atom is 0.0178 e. The summed E-state index contributed by atoms with van der Waals surface area (Å²) in [6.07, 6.45) is 10.7. The van der Waals surface area contributed by atoms with Gasteiger partial charge in [-0.2, -0.15) is 0 Å². The Bertz CT molecular complexity index is 431. The van der Waals surface area contributed by atoms with Crippen molar-refractivity contribution in [1.29, 1.82) is 0 Å². The highest BCUT2D eigenvalue weighted by Crippen LogP contribution is 2.25. The van der Waals surface area contributed by atoms with Crippen LogP contribution in [0.1, 0.15) is 30.4 Å². The van der Waals surface area contributed by atoms with E-state index in [1.807, 2.05) is 0 Å². The topological polar surface area (TPSA) is 12.0 Å². The monoisotopic (exact) mass is 291 g/mol. The first-order valence-electron chi connectivity index (χ1n) is 6.49. The van der Waals surface area contributed by atoms with Gasteiger partial charge in [-0.25, -0.2) is 0 Å². The first-order chi connectivity index (χ1) is 8.31. The van der Waals surface area contributed by atoms with Crippen molar-refractivity contribution >= 4 is 15.9 Å². The number of hydrogen-bond donors (Lipinski definition) is 1. The maximum absolute atomic E-state index is 3.80. The lowest BCUT2D eigenvalue weighted by Gasteiger charge is -2.28. The van der Waals surface area contributed by atoms with Crippen LogP contribution in [0.15, 0.2) is 34.8 Å². The van der Waals surface area contributed by atoms with E-state index in [9.17, 15) is 0 Å². The summed E-state index contributed by atoms with van der Waals surface area (Å²) in [5.74, 6) is 0. The first kappa shape index (κ1) is 11.5. The van der Waals surface area contributed by atoms with Crippen molar-refractivity contribution in [3.8, 4) is 0 Å². The van der Waals surface area contributed by atoms with E-state index in [1.165, 1.54) is 47.7 Å². The summed E-state index contributed by atoms with van der Waals surface area (Å²) in [6.45, 7) is 0. The van der Waals surface area contributed by atoms with Gasteiger partial charge in [-0.1, -0.05) is 34.1 Å². The SMILES string of the molecule is Brc1ccc2c(c1)CCC(NC1CC=CC1)C2. The number of halogens is 1. The quantitative estimate of drug-likeness (QED) is 0.821. The van der Waals surface area contributed by atoms with Crippen LogP contribution in [0.4, 0.5) is 0 Å². The second kappa shape index (κ2) is 4.95. The number of fused-ring (bicyclic) bond motifs is 1. The van der Waals surface area contributed by atoms with Gasteiger partial charge in [-0.3, -0.25) is 0 Å². The van der Waals surface area contributed by atoms with Gasteiger partial charge in [0.05, 0.1) is 0 Å². The molecule has 0 aliphatic heterocycles. The zero-order valence-electron chi connectivity index (χ0n) is 9.95. The molecule has 3 rings (SSSR count). The van der Waals surface area contributed by atoms with Crippen LogP contribution in [0.2, 0.25) is 0 Å². The summed E-state index contributed by atoms with van der Waals surface area (Å²) < 4.78 is 1.21. The van der Waals surface area contributed by atoms with Gasteiger partial charge in [0.1, 0.15) is 0 Å². The Morgan fingerprint density at radius 1 is 1.06 bits per heavy atom. The molecule has 2 aliphatic carbocycles. The highest BCUT2D eigenvalue weighted by molar-refractivity contribution is 9.10. The predicted molar refractivity (Wildman–Crippen MR) is 75.3 cm³/mol. The lowest BCUT2D eigenvalue weighted by atomic mass is 9.88. The standard InChI is InChI=1S/C15H18BrN/c16-13-7-5-12-10-15(8-6-11(12)9-13)17-14-3-1-2-4-14/h1-2,5,7,9,14-15,17H,3-4,6,8,10H2. The fourth-order valence-corrected chi connectivity index (χ4v) is 3.36. The molecule has 17 heavy (non-hydrogen) atoms. The van der Waals surface area contributed by atoms with Crippen molar-refractivity contribution in [1.82, 2.24) is 5.32 Å². The molecule has 0 radical (unpaired) electrons. The van der Waals surface area contributed by atoms with Crippen molar-refractivity contribution in [2.75, 3.05) is 0 Å². The van der Waals surface area contributed by atoms with Gasteiger partial charge in [0.2, 0.25) is 0 Å². The minimum absolute atomic E-state index is 0.675. The third kappa shape index (κ3) is 2.63. The highest BCUT2D eigenvalue weighted by Gasteiger charge is 2.21. The largest absolute Gasteiger partial charge is 0.310 e. The van der Waals surface area contributed by atoms with E-state index >= 15 is 0 Å². The smallest absolute Gasteiger partial charge is 0.0178 e. The Morgan fingerprint density at radius 2 is 1.88 bits per heavy atom. The zero-order valence-corrected chi connectivity index (χ0v) is 11.5. The van der Waals surface area contributed by atoms with E-state index in [-0.39, 0.29) is 0 Å². The molecule has 0 saturated carbocycles. The van der Waals surface area contributed by atoms with E-state index < -0.39 is 0 Å². The summed E-state index contributed by atoms with van der Waals surface area (Å²) in [5, 5.41) is 3.80. The lowest BCUT2D eigenvalue weighted by molar-refractivity contribution is 0.401. The average Bonchev–Trinajstić information content (AvgIpc) is 2.82. The van der Waals surface area contributed by atoms with Gasteiger partial charge in [-0.05, 0) is 55.4 Å². The molecule has 0 amide bonds. The molecule has 1 aromatic rings. The predicted octanol–water partition coefficient (Wildman–Crippen LogP) is 3.61. The molecule has 0 heterocycles. The zero-order chi connectivity index (χ0) is 11.7. The Balaban J connectivity index is 1.66. The molecule has 1 unspecified atom stereocenters. The van der Waals surface area contributed by atoms with Crippen LogP contribution in [0.25, 0.3) is 0 Å². The third-order valence-electron chi connectivity index (χ3n) is 3.88. The molecule has 1 aromatic carbocycles. The Hall–Kier alpha value is -0.600. The van der Waals surface area contributed by atoms with Crippen LogP contribution in [-0.4, -0.2) is 12.1 Å². The second-order valence-corrected chi connectivity index (χ2v) is 6.07. The van der Waals surface area contributed by atoms with Crippen LogP contribution in [-0.2, 0) is 12.8 Å². The molecule has 90 valence electrons. The normalized spacial score (nSPS) is 23.9. The van der Waals surface area contributed by atoms with Gasteiger partial charge < -0.3 is 5.32 Å². The third-order valence-corrected chi connectivity index (χ3v) is 4.37. The van der Waals surface area contributed by atoms with Gasteiger partial charge in [0.15, 0.2) is 0 Å². The van der Waals surface area contributed by atoms with Crippen LogP contribution in [0, 0.1) is 0 Å². The highest BCUT2D eigenvalue weighted by atomic mass is 79.9. The van der Waals surface area contributed by atoms with Gasteiger partial charge >= 0.3 is 0 Å². The lowest BCUT2D eigenvalue weighted by Crippen LogP contribution is -2.40. The number of hydrogen-bond acceptors (Lipinski definition) is 1. The van der Waals surface area contributed by atoms with Crippen LogP contribution >= 0.6 is 15.9 Å². The van der Waals surface area contributed by atoms with E-state index in [0.717, 1.165) is 0 Å². The Morgan fingerprint density at radius 3 is 2.71 bits per heavy atom. The molecule has 1 nitrogen and oxygen atoms in total. The van der Waals surface area contributed by atoms with Crippen LogP contribution < -0.4 is 5.32 Å². The maximum atomic E-state index is 3.80. The molecule has 0 spiro atoms. The van der Waals surface area contributed by atoms with Crippen molar-refractivity contribution in [3.63, 3.8) is 0 Å². The summed E-state index contributed by atoms with van der Waals surface area (Å²) in [7, 11) is 0. The van der Waals surface area contributed by atoms with Gasteiger partial charge in [0.25, 0.3) is 0 Å². The number of aryl methyl sites for hydroxylation is 1. The van der Waals surface area contributed by atoms with Gasteiger partial charge in [0, 0.05) is 16.6 Å². The molecule has 2 aliphatic rings. The molecule has 1 atom stereocenters. The first-order valence-corrected chi connectivity index (χ1v) is 7.29. The minimum atomic E-state index is 0.675. The van der Waals surface area contributed by atoms with E-state index in [2.05, 4.69) is 51.6 Å². The van der Waals surface area contributed by atoms with Gasteiger partial charge in [-0.15, -0.1) is 0 Å². The Labute approximate surface area is 111 Å². The summed E-state index contributed by atoms with van der Waals surface area (Å²) in [4.78, 5) is 0. The summed E-state index contributed by atoms with van der Waals surface area (Å²) in [6, 6.07) is 8.09. The second-order valence-electron chi connectivity index (χ2n) is 5.16. The van der Waals surface area contributed by atoms with Crippen molar-refractivity contribution < 1.29 is 0 Å². The molecule has 1 N–H and O–H groups in total. The molecular formula is C15H18BrN. The number of benzene rings is 1. The Kier molecular flexibility index (Phi) is 3.34. The minimum Gasteiger partial charge on any atom is -0.310 e. The van der Waals surface area contributed by atoms with E-state index in [1.54, 1.807) is 0 Å². The fraction of sp³-hybridized carbons (Fsp3) is 0.467. The molecule has 0 bridgehead atoms. The van der Waals surface area contributed by atoms with E-state index in [0.29, 0.717) is 12.1 Å². The summed E-state index contributed by atoms with van der Waals surface area (Å²) >= 11 is 3.55. The molecule has 2 heteroatoms. The molecular weight excluding hydrogens is 274 g/mol. The summed E-state index contributed by atoms with van der Waals surface area (Å²) in [5.41, 5.74) is 3.06. The molecule has 0 aromatic heterocycles. The number of rotatable bonds is 2. The van der Waals surface area contributed by atoms with E-state index in [4.69, 9.17) is 0 Å². The molecule has 0 saturated heterocycles. The van der Waals surface area contributed by atoms with Crippen LogP contribution in [0.3, 0.4) is 0 Å².